The van der Waals surface area contributed by atoms with Crippen LogP contribution in [0.4, 0.5) is 0 Å². The van der Waals surface area contributed by atoms with Crippen LogP contribution in [0, 0.1) is 5.92 Å². The molecule has 2 unspecified atom stereocenters. The molecule has 0 aliphatic carbocycles. The highest BCUT2D eigenvalue weighted by atomic mass is 16.4. The second-order valence-corrected chi connectivity index (χ2v) is 5.82. The van der Waals surface area contributed by atoms with Gasteiger partial charge in [0.2, 0.25) is 11.8 Å². The maximum absolute atomic E-state index is 11.9. The van der Waals surface area contributed by atoms with Gasteiger partial charge < -0.3 is 31.7 Å². The predicted molar refractivity (Wildman–Crippen MR) is 95.3 cm³/mol. The van der Waals surface area contributed by atoms with E-state index in [0.717, 1.165) is 12.7 Å². The minimum atomic E-state index is -1.13. The summed E-state index contributed by atoms with van der Waals surface area (Å²) in [4.78, 5) is 34.6. The van der Waals surface area contributed by atoms with Gasteiger partial charge in [0, 0.05) is 7.11 Å². The van der Waals surface area contributed by atoms with Crippen molar-refractivity contribution in [2.75, 3.05) is 13.7 Å². The van der Waals surface area contributed by atoms with E-state index in [0.29, 0.717) is 0 Å². The highest BCUT2D eigenvalue weighted by Gasteiger charge is 2.23. The largest absolute Gasteiger partial charge is 0.508 e. The number of amides is 2. The first-order valence-corrected chi connectivity index (χ1v) is 7.98. The quantitative estimate of drug-likeness (QED) is 0.350. The van der Waals surface area contributed by atoms with Crippen LogP contribution in [-0.2, 0) is 20.8 Å². The van der Waals surface area contributed by atoms with Gasteiger partial charge in [0.1, 0.15) is 11.8 Å². The van der Waals surface area contributed by atoms with Gasteiger partial charge in [0.05, 0.1) is 12.6 Å². The molecule has 0 aliphatic rings. The summed E-state index contributed by atoms with van der Waals surface area (Å²) < 4.78 is 0. The average Bonchev–Trinajstić information content (AvgIpc) is 2.60. The van der Waals surface area contributed by atoms with E-state index < -0.39 is 29.9 Å². The van der Waals surface area contributed by atoms with Crippen LogP contribution >= 0.6 is 0 Å². The van der Waals surface area contributed by atoms with Crippen LogP contribution in [0.15, 0.2) is 24.3 Å². The van der Waals surface area contributed by atoms with Gasteiger partial charge in [0.15, 0.2) is 0 Å². The standard InChI is InChI=1S/C16H23N3O5.CH4O/c1-9(2)14(16(23)24)19-13(21)8-18-15(22)12(17)7-10-3-5-11(20)6-4-10;1-2/h3-6,9,12,14,20H,7-8,17H2,1-2H3,(H,18,22)(H,19,21)(H,23,24);2H,1H3. The summed E-state index contributed by atoms with van der Waals surface area (Å²) in [5.41, 5.74) is 6.54. The van der Waals surface area contributed by atoms with Gasteiger partial charge in [-0.3, -0.25) is 9.59 Å². The lowest BCUT2D eigenvalue weighted by Crippen LogP contribution is -2.50. The van der Waals surface area contributed by atoms with E-state index in [1.165, 1.54) is 12.1 Å². The molecule has 1 rings (SSSR count). The van der Waals surface area contributed by atoms with Crippen molar-refractivity contribution in [2.24, 2.45) is 11.7 Å². The van der Waals surface area contributed by atoms with E-state index in [2.05, 4.69) is 10.6 Å². The second kappa shape index (κ2) is 11.8. The number of rotatable bonds is 8. The Bertz CT molecular complexity index is 589. The van der Waals surface area contributed by atoms with E-state index in [1.807, 2.05) is 0 Å². The normalized spacial score (nSPS) is 12.4. The molecule has 0 radical (unpaired) electrons. The Morgan fingerprint density at radius 2 is 1.65 bits per heavy atom. The minimum Gasteiger partial charge on any atom is -0.508 e. The molecule has 1 aromatic carbocycles. The first-order chi connectivity index (χ1) is 12.2. The van der Waals surface area contributed by atoms with Crippen molar-refractivity contribution in [3.8, 4) is 5.75 Å². The third-order valence-corrected chi connectivity index (χ3v) is 3.40. The fourth-order valence-electron chi connectivity index (χ4n) is 2.02. The van der Waals surface area contributed by atoms with Crippen molar-refractivity contribution in [3.63, 3.8) is 0 Å². The Morgan fingerprint density at radius 3 is 2.12 bits per heavy atom. The molecule has 0 fully saturated rings. The van der Waals surface area contributed by atoms with Crippen LogP contribution in [0.1, 0.15) is 19.4 Å². The third kappa shape index (κ3) is 8.45. The van der Waals surface area contributed by atoms with Crippen LogP contribution in [0.25, 0.3) is 0 Å². The number of carboxylic acids is 1. The zero-order chi connectivity index (χ0) is 20.3. The first-order valence-electron chi connectivity index (χ1n) is 7.98. The van der Waals surface area contributed by atoms with E-state index in [9.17, 15) is 19.5 Å². The molecule has 146 valence electrons. The van der Waals surface area contributed by atoms with E-state index in [-0.39, 0.29) is 24.6 Å². The number of aliphatic carboxylic acids is 1. The fourth-order valence-corrected chi connectivity index (χ4v) is 2.02. The number of aromatic hydroxyl groups is 1. The molecule has 0 spiro atoms. The molecule has 0 saturated heterocycles. The Kier molecular flexibility index (Phi) is 10.6. The van der Waals surface area contributed by atoms with E-state index >= 15 is 0 Å². The van der Waals surface area contributed by atoms with Crippen molar-refractivity contribution in [3.05, 3.63) is 29.8 Å². The monoisotopic (exact) mass is 369 g/mol. The lowest BCUT2D eigenvalue weighted by Gasteiger charge is -2.18. The number of carboxylic acid groups (broad SMARTS) is 1. The van der Waals surface area contributed by atoms with Crippen LogP contribution < -0.4 is 16.4 Å². The summed E-state index contributed by atoms with van der Waals surface area (Å²) in [6, 6.07) is 4.41. The first kappa shape index (κ1) is 23.4. The number of benzene rings is 1. The number of carbonyl (C=O) groups excluding carboxylic acids is 2. The van der Waals surface area contributed by atoms with Crippen molar-refractivity contribution in [2.45, 2.75) is 32.4 Å². The number of nitrogens with one attached hydrogen (secondary N) is 2. The van der Waals surface area contributed by atoms with Gasteiger partial charge in [-0.15, -0.1) is 0 Å². The summed E-state index contributed by atoms with van der Waals surface area (Å²) >= 11 is 0. The molecule has 7 N–H and O–H groups in total. The molecule has 1 aromatic rings. The van der Waals surface area contributed by atoms with Crippen molar-refractivity contribution in [1.29, 1.82) is 0 Å². The van der Waals surface area contributed by atoms with E-state index in [1.54, 1.807) is 26.0 Å². The number of phenolic OH excluding ortho intramolecular Hbond substituents is 1. The SMILES string of the molecule is CC(C)C(NC(=O)CNC(=O)C(N)Cc1ccc(O)cc1)C(=O)O.CO. The molecule has 0 aromatic heterocycles. The highest BCUT2D eigenvalue weighted by Crippen LogP contribution is 2.10. The molecule has 2 atom stereocenters. The van der Waals surface area contributed by atoms with Gasteiger partial charge >= 0.3 is 5.97 Å². The summed E-state index contributed by atoms with van der Waals surface area (Å²) in [6.45, 7) is 3.00. The Hall–Kier alpha value is -2.65. The molecule has 26 heavy (non-hydrogen) atoms. The minimum absolute atomic E-state index is 0.117. The zero-order valence-corrected chi connectivity index (χ0v) is 15.1. The van der Waals surface area contributed by atoms with Gasteiger partial charge in [-0.2, -0.15) is 0 Å². The Balaban J connectivity index is 0.00000301. The van der Waals surface area contributed by atoms with Crippen LogP contribution in [0.3, 0.4) is 0 Å². The third-order valence-electron chi connectivity index (χ3n) is 3.40. The van der Waals surface area contributed by atoms with Crippen molar-refractivity contribution < 1.29 is 29.7 Å². The van der Waals surface area contributed by atoms with Crippen LogP contribution in [0.5, 0.6) is 5.75 Å². The lowest BCUT2D eigenvalue weighted by atomic mass is 10.0. The number of aliphatic hydroxyl groups is 1. The Labute approximate surface area is 152 Å². The van der Waals surface area contributed by atoms with Gasteiger partial charge in [-0.1, -0.05) is 26.0 Å². The number of hydrogen-bond donors (Lipinski definition) is 6. The molecular formula is C17H27N3O6. The maximum atomic E-state index is 11.9. The highest BCUT2D eigenvalue weighted by molar-refractivity contribution is 5.89. The molecule has 2 amide bonds. The summed E-state index contributed by atoms with van der Waals surface area (Å²) in [5.74, 6) is -2.41. The summed E-state index contributed by atoms with van der Waals surface area (Å²) in [7, 11) is 1.00. The van der Waals surface area contributed by atoms with Crippen molar-refractivity contribution in [1.82, 2.24) is 10.6 Å². The smallest absolute Gasteiger partial charge is 0.326 e. The number of hydrogen-bond acceptors (Lipinski definition) is 6. The van der Waals surface area contributed by atoms with Gasteiger partial charge in [-0.25, -0.2) is 4.79 Å². The maximum Gasteiger partial charge on any atom is 0.326 e. The predicted octanol–water partition coefficient (Wildman–Crippen LogP) is -0.788. The van der Waals surface area contributed by atoms with Crippen molar-refractivity contribution >= 4 is 17.8 Å². The fraction of sp³-hybridized carbons (Fsp3) is 0.471. The summed E-state index contributed by atoms with van der Waals surface area (Å²) in [6.07, 6.45) is 0.247. The number of nitrogens with two attached hydrogens (primary N) is 1. The van der Waals surface area contributed by atoms with Crippen LogP contribution in [-0.4, -0.2) is 58.8 Å². The van der Waals surface area contributed by atoms with Gasteiger partial charge in [-0.05, 0) is 30.0 Å². The van der Waals surface area contributed by atoms with Crippen LogP contribution in [0.2, 0.25) is 0 Å². The number of phenols is 1. The molecule has 0 heterocycles. The second-order valence-electron chi connectivity index (χ2n) is 5.82. The molecular weight excluding hydrogens is 342 g/mol. The topological polar surface area (TPSA) is 162 Å². The molecule has 0 bridgehead atoms. The molecule has 0 aliphatic heterocycles. The van der Waals surface area contributed by atoms with E-state index in [4.69, 9.17) is 15.9 Å². The number of aliphatic hydroxyl groups excluding tert-OH is 1. The summed E-state index contributed by atoms with van der Waals surface area (Å²) in [5, 5.41) is 29.9. The number of carbonyl (C=O) groups is 3. The molecule has 9 nitrogen and oxygen atoms in total. The molecule has 0 saturated carbocycles. The average molecular weight is 369 g/mol. The lowest BCUT2D eigenvalue weighted by molar-refractivity contribution is -0.143. The zero-order valence-electron chi connectivity index (χ0n) is 15.1. The molecule has 9 heteroatoms. The Morgan fingerprint density at radius 1 is 1.12 bits per heavy atom. The van der Waals surface area contributed by atoms with Gasteiger partial charge in [0.25, 0.3) is 0 Å².